The second-order valence-corrected chi connectivity index (χ2v) is 11.3. The highest BCUT2D eigenvalue weighted by atomic mass is 16.3. The molecule has 44 heavy (non-hydrogen) atoms. The molecule has 0 N–H and O–H groups in total. The molecular formula is C41H26N2O. The second-order valence-electron chi connectivity index (χ2n) is 11.3. The summed E-state index contributed by atoms with van der Waals surface area (Å²) in [5, 5.41) is 5.00. The number of oxazole rings is 1. The van der Waals surface area contributed by atoms with E-state index in [-0.39, 0.29) is 0 Å². The van der Waals surface area contributed by atoms with Crippen LogP contribution in [0.4, 0.5) is 0 Å². The van der Waals surface area contributed by atoms with Crippen molar-refractivity contribution in [3.8, 4) is 39.4 Å². The molecule has 0 aliphatic carbocycles. The predicted molar refractivity (Wildman–Crippen MR) is 182 cm³/mol. The van der Waals surface area contributed by atoms with Gasteiger partial charge < -0.3 is 8.98 Å². The van der Waals surface area contributed by atoms with Gasteiger partial charge in [-0.3, -0.25) is 0 Å². The number of aromatic nitrogens is 2. The molecule has 206 valence electrons. The Morgan fingerprint density at radius 1 is 0.432 bits per heavy atom. The minimum Gasteiger partial charge on any atom is -0.436 e. The zero-order chi connectivity index (χ0) is 29.0. The summed E-state index contributed by atoms with van der Waals surface area (Å²) in [5.74, 6) is 0.635. The van der Waals surface area contributed by atoms with Gasteiger partial charge in [0.2, 0.25) is 5.89 Å². The van der Waals surface area contributed by atoms with Gasteiger partial charge in [-0.05, 0) is 93.7 Å². The van der Waals surface area contributed by atoms with Crippen molar-refractivity contribution >= 4 is 43.7 Å². The van der Waals surface area contributed by atoms with E-state index in [9.17, 15) is 0 Å². The SMILES string of the molecule is c1ccc2cc(-c3ccc(-c4ccc5c(c4)c4ccccc4n5-c4ccc(-c5nc6ccccc6o5)cc4)cc3)ccc2c1. The Morgan fingerprint density at radius 2 is 1.05 bits per heavy atom. The van der Waals surface area contributed by atoms with Gasteiger partial charge in [0, 0.05) is 22.0 Å². The monoisotopic (exact) mass is 562 g/mol. The fraction of sp³-hybridized carbons (Fsp3) is 0. The van der Waals surface area contributed by atoms with Gasteiger partial charge in [0.1, 0.15) is 5.52 Å². The van der Waals surface area contributed by atoms with E-state index in [4.69, 9.17) is 4.42 Å². The van der Waals surface area contributed by atoms with Crippen LogP contribution in [-0.4, -0.2) is 9.55 Å². The lowest BCUT2D eigenvalue weighted by Gasteiger charge is -2.09. The van der Waals surface area contributed by atoms with Crippen molar-refractivity contribution in [2.24, 2.45) is 0 Å². The lowest BCUT2D eigenvalue weighted by molar-refractivity contribution is 0.620. The zero-order valence-corrected chi connectivity index (χ0v) is 23.8. The number of benzene rings is 7. The van der Waals surface area contributed by atoms with Crippen LogP contribution in [0.15, 0.2) is 162 Å². The minimum absolute atomic E-state index is 0.635. The smallest absolute Gasteiger partial charge is 0.227 e. The first kappa shape index (κ1) is 24.6. The first-order valence-corrected chi connectivity index (χ1v) is 14.9. The maximum absolute atomic E-state index is 6.01. The molecule has 3 nitrogen and oxygen atoms in total. The molecule has 0 bridgehead atoms. The van der Waals surface area contributed by atoms with Crippen molar-refractivity contribution in [2.45, 2.75) is 0 Å². The Kier molecular flexibility index (Phi) is 5.50. The number of para-hydroxylation sites is 3. The van der Waals surface area contributed by atoms with E-state index in [1.54, 1.807) is 0 Å². The molecule has 9 aromatic rings. The van der Waals surface area contributed by atoms with Crippen LogP contribution in [0.25, 0.3) is 83.1 Å². The minimum atomic E-state index is 0.635. The standard InChI is InChI=1S/C41H26N2O/c1-2-8-31-25-32(18-17-27(31)7-1)28-13-15-29(16-14-28)33-21-24-39-36(26-33)35-9-3-5-11-38(35)43(39)34-22-19-30(20-23-34)41-42-37-10-4-6-12-40(37)44-41/h1-26H. The van der Waals surface area contributed by atoms with E-state index >= 15 is 0 Å². The van der Waals surface area contributed by atoms with Crippen molar-refractivity contribution < 1.29 is 4.42 Å². The summed E-state index contributed by atoms with van der Waals surface area (Å²) in [6.07, 6.45) is 0. The molecule has 2 heterocycles. The third kappa shape index (κ3) is 4.02. The molecule has 0 atom stereocenters. The molecule has 0 unspecified atom stereocenters. The van der Waals surface area contributed by atoms with Gasteiger partial charge in [-0.1, -0.05) is 97.1 Å². The summed E-state index contributed by atoms with van der Waals surface area (Å²) in [5.41, 5.74) is 10.9. The van der Waals surface area contributed by atoms with E-state index in [1.165, 1.54) is 54.8 Å². The van der Waals surface area contributed by atoms with Gasteiger partial charge in [0.25, 0.3) is 0 Å². The van der Waals surface area contributed by atoms with Crippen LogP contribution in [0.1, 0.15) is 0 Å². The highest BCUT2D eigenvalue weighted by Crippen LogP contribution is 2.36. The normalized spacial score (nSPS) is 11.6. The van der Waals surface area contributed by atoms with Gasteiger partial charge >= 0.3 is 0 Å². The van der Waals surface area contributed by atoms with Crippen LogP contribution in [0.5, 0.6) is 0 Å². The third-order valence-corrected chi connectivity index (χ3v) is 8.64. The molecule has 0 saturated heterocycles. The van der Waals surface area contributed by atoms with Gasteiger partial charge in [-0.25, -0.2) is 4.98 Å². The first-order valence-electron chi connectivity index (χ1n) is 14.9. The van der Waals surface area contributed by atoms with Gasteiger partial charge in [-0.15, -0.1) is 0 Å². The summed E-state index contributed by atoms with van der Waals surface area (Å²) in [4.78, 5) is 4.67. The topological polar surface area (TPSA) is 31.0 Å². The van der Waals surface area contributed by atoms with Crippen LogP contribution in [0.3, 0.4) is 0 Å². The Labute approximate surface area is 254 Å². The quantitative estimate of drug-likeness (QED) is 0.214. The summed E-state index contributed by atoms with van der Waals surface area (Å²) >= 11 is 0. The van der Waals surface area contributed by atoms with Crippen LogP contribution in [-0.2, 0) is 0 Å². The van der Waals surface area contributed by atoms with Crippen molar-refractivity contribution in [1.82, 2.24) is 9.55 Å². The molecule has 0 saturated carbocycles. The van der Waals surface area contributed by atoms with Crippen molar-refractivity contribution in [3.63, 3.8) is 0 Å². The molecular weight excluding hydrogens is 536 g/mol. The maximum atomic E-state index is 6.01. The van der Waals surface area contributed by atoms with Gasteiger partial charge in [0.15, 0.2) is 5.58 Å². The van der Waals surface area contributed by atoms with Crippen LogP contribution >= 0.6 is 0 Å². The molecule has 9 rings (SSSR count). The number of hydrogen-bond acceptors (Lipinski definition) is 2. The van der Waals surface area contributed by atoms with Crippen molar-refractivity contribution in [2.75, 3.05) is 0 Å². The highest BCUT2D eigenvalue weighted by Gasteiger charge is 2.14. The van der Waals surface area contributed by atoms with Crippen LogP contribution < -0.4 is 0 Å². The molecule has 0 fully saturated rings. The summed E-state index contributed by atoms with van der Waals surface area (Å²) < 4.78 is 8.35. The third-order valence-electron chi connectivity index (χ3n) is 8.64. The molecule has 0 spiro atoms. The predicted octanol–water partition coefficient (Wildman–Crippen LogP) is 11.1. The van der Waals surface area contributed by atoms with E-state index in [0.717, 1.165) is 22.4 Å². The molecule has 2 aromatic heterocycles. The van der Waals surface area contributed by atoms with Crippen molar-refractivity contribution in [1.29, 1.82) is 0 Å². The average molecular weight is 563 g/mol. The average Bonchev–Trinajstić information content (AvgIpc) is 3.68. The Bertz CT molecular complexity index is 2450. The highest BCUT2D eigenvalue weighted by molar-refractivity contribution is 6.10. The van der Waals surface area contributed by atoms with E-state index in [1.807, 2.05) is 24.3 Å². The zero-order valence-electron chi connectivity index (χ0n) is 23.8. The molecule has 3 heteroatoms. The molecule has 7 aromatic carbocycles. The Morgan fingerprint density at radius 3 is 1.86 bits per heavy atom. The van der Waals surface area contributed by atoms with E-state index in [0.29, 0.717) is 5.89 Å². The molecule has 0 aliphatic rings. The van der Waals surface area contributed by atoms with Crippen molar-refractivity contribution in [3.05, 3.63) is 158 Å². The lowest BCUT2D eigenvalue weighted by atomic mass is 9.97. The number of rotatable bonds is 4. The Hall–Kier alpha value is -5.93. The second kappa shape index (κ2) is 9.82. The number of hydrogen-bond donors (Lipinski definition) is 0. The molecule has 0 amide bonds. The fourth-order valence-electron chi connectivity index (χ4n) is 6.40. The summed E-state index contributed by atoms with van der Waals surface area (Å²) in [7, 11) is 0. The Balaban J connectivity index is 1.09. The van der Waals surface area contributed by atoms with Gasteiger partial charge in [0.05, 0.1) is 11.0 Å². The van der Waals surface area contributed by atoms with E-state index < -0.39 is 0 Å². The maximum Gasteiger partial charge on any atom is 0.227 e. The summed E-state index contributed by atoms with van der Waals surface area (Å²) in [6, 6.07) is 55.9. The van der Waals surface area contributed by atoms with Crippen LogP contribution in [0, 0.1) is 0 Å². The fourth-order valence-corrected chi connectivity index (χ4v) is 6.40. The lowest BCUT2D eigenvalue weighted by Crippen LogP contribution is -1.93. The summed E-state index contributed by atoms with van der Waals surface area (Å²) in [6.45, 7) is 0. The largest absolute Gasteiger partial charge is 0.436 e. The number of fused-ring (bicyclic) bond motifs is 5. The number of nitrogens with zero attached hydrogens (tertiary/aromatic N) is 2. The molecule has 0 aliphatic heterocycles. The molecule has 0 radical (unpaired) electrons. The van der Waals surface area contributed by atoms with E-state index in [2.05, 4.69) is 143 Å². The van der Waals surface area contributed by atoms with Gasteiger partial charge in [-0.2, -0.15) is 0 Å². The van der Waals surface area contributed by atoms with Crippen LogP contribution in [0.2, 0.25) is 0 Å². The first-order chi connectivity index (χ1) is 21.8.